The summed E-state index contributed by atoms with van der Waals surface area (Å²) < 4.78 is 27.3. The first-order valence-corrected chi connectivity index (χ1v) is 14.4. The van der Waals surface area contributed by atoms with Crippen LogP contribution in [0, 0.1) is 12.7 Å². The van der Waals surface area contributed by atoms with E-state index in [1.165, 1.54) is 28.0 Å². The first-order chi connectivity index (χ1) is 19.7. The van der Waals surface area contributed by atoms with Gasteiger partial charge in [-0.15, -0.1) is 0 Å². The van der Waals surface area contributed by atoms with Crippen LogP contribution in [-0.4, -0.2) is 17.1 Å². The first-order valence-electron chi connectivity index (χ1n) is 12.8. The molecule has 0 amide bonds. The van der Waals surface area contributed by atoms with Gasteiger partial charge in [0.2, 0.25) is 0 Å². The van der Waals surface area contributed by atoms with Gasteiger partial charge in [-0.05, 0) is 50.6 Å². The number of ether oxygens (including phenoxy) is 2. The summed E-state index contributed by atoms with van der Waals surface area (Å²) in [6.07, 6.45) is 1.62. The van der Waals surface area contributed by atoms with Crippen LogP contribution in [-0.2, 0) is 16.1 Å². The highest BCUT2D eigenvalue weighted by Crippen LogP contribution is 2.34. The highest BCUT2D eigenvalue weighted by atomic mass is 35.5. The predicted octanol–water partition coefficient (Wildman–Crippen LogP) is 6.13. The summed E-state index contributed by atoms with van der Waals surface area (Å²) in [6.45, 7) is 5.53. The van der Waals surface area contributed by atoms with Crippen molar-refractivity contribution in [3.8, 4) is 5.75 Å². The molecule has 0 aliphatic carbocycles. The molecule has 1 aliphatic rings. The Kier molecular flexibility index (Phi) is 8.45. The van der Waals surface area contributed by atoms with E-state index in [0.717, 1.165) is 11.1 Å². The van der Waals surface area contributed by atoms with Crippen LogP contribution >= 0.6 is 34.5 Å². The number of aryl methyl sites for hydroxylation is 1. The van der Waals surface area contributed by atoms with Gasteiger partial charge in [-0.3, -0.25) is 9.36 Å². The zero-order chi connectivity index (χ0) is 29.3. The van der Waals surface area contributed by atoms with Gasteiger partial charge in [-0.1, -0.05) is 82.6 Å². The van der Waals surface area contributed by atoms with Gasteiger partial charge >= 0.3 is 5.97 Å². The minimum atomic E-state index is -0.729. The molecule has 10 heteroatoms. The van der Waals surface area contributed by atoms with E-state index in [4.69, 9.17) is 32.7 Å². The monoisotopic (exact) mass is 610 g/mol. The summed E-state index contributed by atoms with van der Waals surface area (Å²) in [5.41, 5.74) is 3.00. The number of rotatable bonds is 7. The number of nitrogens with zero attached hydrogens (tertiary/aromatic N) is 2. The number of fused-ring (bicyclic) bond motifs is 1. The third-order valence-corrected chi connectivity index (χ3v) is 8.05. The van der Waals surface area contributed by atoms with E-state index in [9.17, 15) is 14.0 Å². The maximum absolute atomic E-state index is 14.2. The van der Waals surface area contributed by atoms with Gasteiger partial charge in [0, 0.05) is 16.1 Å². The highest BCUT2D eigenvalue weighted by Gasteiger charge is 2.33. The van der Waals surface area contributed by atoms with E-state index in [0.29, 0.717) is 36.8 Å². The predicted molar refractivity (Wildman–Crippen MR) is 159 cm³/mol. The van der Waals surface area contributed by atoms with Crippen molar-refractivity contribution in [2.75, 3.05) is 6.61 Å². The van der Waals surface area contributed by atoms with Crippen molar-refractivity contribution in [1.82, 2.24) is 4.57 Å². The highest BCUT2D eigenvalue weighted by molar-refractivity contribution is 7.07. The van der Waals surface area contributed by atoms with Gasteiger partial charge in [0.1, 0.15) is 18.2 Å². The van der Waals surface area contributed by atoms with Crippen molar-refractivity contribution in [2.24, 2.45) is 4.99 Å². The number of esters is 1. The average molecular weight is 612 g/mol. The molecule has 0 saturated carbocycles. The molecule has 0 bridgehead atoms. The maximum Gasteiger partial charge on any atom is 0.338 e. The summed E-state index contributed by atoms with van der Waals surface area (Å²) in [7, 11) is 0. The normalized spacial score (nSPS) is 15.0. The molecule has 0 spiro atoms. The van der Waals surface area contributed by atoms with Crippen LogP contribution in [0.3, 0.4) is 0 Å². The molecule has 0 N–H and O–H groups in total. The zero-order valence-electron chi connectivity index (χ0n) is 22.4. The van der Waals surface area contributed by atoms with E-state index >= 15 is 0 Å². The molecular formula is C31H25Cl2FN2O4S. The van der Waals surface area contributed by atoms with Crippen molar-refractivity contribution in [3.63, 3.8) is 0 Å². The van der Waals surface area contributed by atoms with Crippen LogP contribution in [0.1, 0.15) is 42.1 Å². The molecule has 6 nitrogen and oxygen atoms in total. The van der Waals surface area contributed by atoms with Crippen molar-refractivity contribution in [3.05, 3.63) is 130 Å². The van der Waals surface area contributed by atoms with Crippen LogP contribution in [0.2, 0.25) is 10.0 Å². The SMILES string of the molecule is CCOC(=O)C1=C(C)N=c2s/c(=C\c3cc(Cl)cc(Cl)c3OCc3ccccc3F)c(=O)n2[C@H]1c1ccc(C)cc1. The molecule has 3 aromatic carbocycles. The molecule has 2 heterocycles. The van der Waals surface area contributed by atoms with Crippen molar-refractivity contribution < 1.29 is 18.7 Å². The largest absolute Gasteiger partial charge is 0.487 e. The Morgan fingerprint density at radius 1 is 1.12 bits per heavy atom. The lowest BCUT2D eigenvalue weighted by atomic mass is 9.95. The second-order valence-electron chi connectivity index (χ2n) is 9.40. The fraction of sp³-hybridized carbons (Fsp3) is 0.194. The van der Waals surface area contributed by atoms with Crippen molar-refractivity contribution in [1.29, 1.82) is 0 Å². The number of allylic oxidation sites excluding steroid dienone is 1. The lowest BCUT2D eigenvalue weighted by Gasteiger charge is -2.24. The molecule has 0 fully saturated rings. The standard InChI is InChI=1S/C31H25Cl2FN2O4S/c1-4-39-30(38)26-18(3)35-31-36(27(26)19-11-9-17(2)10-12-19)29(37)25(41-31)14-21-13-22(32)15-23(33)28(21)40-16-20-7-5-6-8-24(20)34/h5-15,27H,4,16H2,1-3H3/b25-14-/t27-/m0/s1. The molecule has 4 aromatic rings. The number of hydrogen-bond donors (Lipinski definition) is 0. The molecule has 1 aromatic heterocycles. The minimum absolute atomic E-state index is 0.0777. The van der Waals surface area contributed by atoms with Crippen molar-refractivity contribution >= 4 is 46.6 Å². The van der Waals surface area contributed by atoms with E-state index < -0.39 is 17.8 Å². The molecule has 41 heavy (non-hydrogen) atoms. The van der Waals surface area contributed by atoms with E-state index in [-0.39, 0.29) is 29.5 Å². The Hall–Kier alpha value is -3.72. The zero-order valence-corrected chi connectivity index (χ0v) is 24.7. The van der Waals surface area contributed by atoms with Gasteiger partial charge in [0.05, 0.1) is 33.5 Å². The Labute approximate surface area is 249 Å². The third kappa shape index (κ3) is 5.86. The van der Waals surface area contributed by atoms with Gasteiger partial charge in [0.15, 0.2) is 4.80 Å². The van der Waals surface area contributed by atoms with Crippen LogP contribution in [0.5, 0.6) is 5.75 Å². The topological polar surface area (TPSA) is 69.9 Å². The molecule has 5 rings (SSSR count). The van der Waals surface area contributed by atoms with E-state index in [1.54, 1.807) is 44.2 Å². The van der Waals surface area contributed by atoms with Gasteiger partial charge in [0.25, 0.3) is 5.56 Å². The number of thiazole rings is 1. The maximum atomic E-state index is 14.2. The number of benzene rings is 3. The van der Waals surface area contributed by atoms with Crippen LogP contribution in [0.4, 0.5) is 4.39 Å². The van der Waals surface area contributed by atoms with Gasteiger partial charge < -0.3 is 9.47 Å². The van der Waals surface area contributed by atoms with Crippen LogP contribution < -0.4 is 19.6 Å². The second-order valence-corrected chi connectivity index (χ2v) is 11.3. The number of hydrogen-bond acceptors (Lipinski definition) is 6. The average Bonchev–Trinajstić information content (AvgIpc) is 3.23. The molecule has 1 aliphatic heterocycles. The van der Waals surface area contributed by atoms with Crippen LogP contribution in [0.15, 0.2) is 81.7 Å². The summed E-state index contributed by atoms with van der Waals surface area (Å²) in [4.78, 5) is 32.1. The van der Waals surface area contributed by atoms with Crippen molar-refractivity contribution in [2.45, 2.75) is 33.4 Å². The number of carbonyl (C=O) groups excluding carboxylic acids is 1. The quantitative estimate of drug-likeness (QED) is 0.236. The molecule has 210 valence electrons. The molecule has 1 atom stereocenters. The van der Waals surface area contributed by atoms with Crippen LogP contribution in [0.25, 0.3) is 6.08 Å². The molecule has 0 unspecified atom stereocenters. The lowest BCUT2D eigenvalue weighted by Crippen LogP contribution is -2.39. The fourth-order valence-electron chi connectivity index (χ4n) is 4.60. The number of carbonyl (C=O) groups is 1. The first kappa shape index (κ1) is 28.8. The minimum Gasteiger partial charge on any atom is -0.487 e. The molecule has 0 saturated heterocycles. The summed E-state index contributed by atoms with van der Waals surface area (Å²) >= 11 is 14.0. The third-order valence-electron chi connectivity index (χ3n) is 6.56. The van der Waals surface area contributed by atoms with Gasteiger partial charge in [-0.25, -0.2) is 14.2 Å². The summed E-state index contributed by atoms with van der Waals surface area (Å²) in [5.74, 6) is -0.681. The molecule has 0 radical (unpaired) electrons. The summed E-state index contributed by atoms with van der Waals surface area (Å²) in [6, 6.07) is 16.3. The Balaban J connectivity index is 1.65. The molecular weight excluding hydrogens is 586 g/mol. The Morgan fingerprint density at radius 3 is 2.56 bits per heavy atom. The number of aromatic nitrogens is 1. The summed E-state index contributed by atoms with van der Waals surface area (Å²) in [5, 5.41) is 0.552. The lowest BCUT2D eigenvalue weighted by molar-refractivity contribution is -0.139. The smallest absolute Gasteiger partial charge is 0.338 e. The van der Waals surface area contributed by atoms with E-state index in [1.807, 2.05) is 31.2 Å². The fourth-order valence-corrected chi connectivity index (χ4v) is 6.20. The van der Waals surface area contributed by atoms with Gasteiger partial charge in [-0.2, -0.15) is 0 Å². The Bertz CT molecular complexity index is 1860. The Morgan fingerprint density at radius 2 is 1.85 bits per heavy atom. The van der Waals surface area contributed by atoms with E-state index in [2.05, 4.69) is 4.99 Å². The number of halogens is 3. The second kappa shape index (κ2) is 12.0.